The summed E-state index contributed by atoms with van der Waals surface area (Å²) in [6.45, 7) is 3.31. The number of hydrogen-bond acceptors (Lipinski definition) is 1. The zero-order chi connectivity index (χ0) is 13.1. The molecule has 98 valence electrons. The van der Waals surface area contributed by atoms with Gasteiger partial charge in [-0.05, 0) is 54.0 Å². The Morgan fingerprint density at radius 3 is 2.47 bits per heavy atom. The maximum Gasteiger partial charge on any atom is 0.0375 e. The standard InChI is InChI=1S/C18H21N/c1-2-14-5-7-15(8-6-14)12-16-9-10-17-4-3-11-19-18(17)13-16/h5-10,13,19H,2-4,11-12H2,1H3. The topological polar surface area (TPSA) is 12.0 Å². The molecule has 19 heavy (non-hydrogen) atoms. The molecule has 3 rings (SSSR count). The average Bonchev–Trinajstić information content (AvgIpc) is 2.48. The third-order valence-corrected chi connectivity index (χ3v) is 3.95. The van der Waals surface area contributed by atoms with Crippen LogP contribution < -0.4 is 5.32 Å². The summed E-state index contributed by atoms with van der Waals surface area (Å²) in [6, 6.07) is 15.9. The molecule has 1 aliphatic heterocycles. The van der Waals surface area contributed by atoms with E-state index in [9.17, 15) is 0 Å². The Morgan fingerprint density at radius 1 is 0.947 bits per heavy atom. The largest absolute Gasteiger partial charge is 0.385 e. The summed E-state index contributed by atoms with van der Waals surface area (Å²) in [5, 5.41) is 3.51. The van der Waals surface area contributed by atoms with E-state index < -0.39 is 0 Å². The second-order valence-corrected chi connectivity index (χ2v) is 5.37. The summed E-state index contributed by atoms with van der Waals surface area (Å²) in [4.78, 5) is 0. The molecule has 0 bridgehead atoms. The molecule has 2 aromatic carbocycles. The predicted molar refractivity (Wildman–Crippen MR) is 81.9 cm³/mol. The van der Waals surface area contributed by atoms with Crippen molar-refractivity contribution < 1.29 is 0 Å². The second-order valence-electron chi connectivity index (χ2n) is 5.37. The van der Waals surface area contributed by atoms with Gasteiger partial charge >= 0.3 is 0 Å². The number of fused-ring (bicyclic) bond motifs is 1. The Bertz CT molecular complexity index is 554. The molecule has 0 radical (unpaired) electrons. The van der Waals surface area contributed by atoms with Gasteiger partial charge in [0.25, 0.3) is 0 Å². The van der Waals surface area contributed by atoms with Gasteiger partial charge in [0.05, 0.1) is 0 Å². The number of benzene rings is 2. The smallest absolute Gasteiger partial charge is 0.0375 e. The fourth-order valence-electron chi connectivity index (χ4n) is 2.75. The fourth-order valence-corrected chi connectivity index (χ4v) is 2.75. The van der Waals surface area contributed by atoms with Crippen LogP contribution >= 0.6 is 0 Å². The van der Waals surface area contributed by atoms with Gasteiger partial charge in [-0.2, -0.15) is 0 Å². The zero-order valence-electron chi connectivity index (χ0n) is 11.6. The summed E-state index contributed by atoms with van der Waals surface area (Å²) < 4.78 is 0. The van der Waals surface area contributed by atoms with Gasteiger partial charge in [-0.15, -0.1) is 0 Å². The third kappa shape index (κ3) is 2.81. The minimum atomic E-state index is 1.03. The van der Waals surface area contributed by atoms with Crippen LogP contribution in [0.4, 0.5) is 5.69 Å². The van der Waals surface area contributed by atoms with E-state index in [0.717, 1.165) is 19.4 Å². The molecule has 0 aromatic heterocycles. The van der Waals surface area contributed by atoms with Gasteiger partial charge < -0.3 is 5.32 Å². The van der Waals surface area contributed by atoms with Crippen molar-refractivity contribution in [3.63, 3.8) is 0 Å². The van der Waals surface area contributed by atoms with Crippen molar-refractivity contribution in [2.75, 3.05) is 11.9 Å². The Morgan fingerprint density at radius 2 is 1.68 bits per heavy atom. The molecule has 1 heteroatoms. The Kier molecular flexibility index (Phi) is 3.54. The van der Waals surface area contributed by atoms with Crippen molar-refractivity contribution in [2.45, 2.75) is 32.6 Å². The molecule has 0 unspecified atom stereocenters. The summed E-state index contributed by atoms with van der Waals surface area (Å²) in [6.07, 6.45) is 4.61. The molecule has 1 heterocycles. The fraction of sp³-hybridized carbons (Fsp3) is 0.333. The van der Waals surface area contributed by atoms with Gasteiger partial charge in [0.1, 0.15) is 0 Å². The van der Waals surface area contributed by atoms with E-state index in [0.29, 0.717) is 0 Å². The highest BCUT2D eigenvalue weighted by Gasteiger charge is 2.08. The van der Waals surface area contributed by atoms with Crippen LogP contribution in [0.25, 0.3) is 0 Å². The number of nitrogens with one attached hydrogen (secondary N) is 1. The minimum absolute atomic E-state index is 1.03. The number of aryl methyl sites for hydroxylation is 2. The molecule has 0 atom stereocenters. The van der Waals surface area contributed by atoms with E-state index in [1.165, 1.54) is 40.8 Å². The van der Waals surface area contributed by atoms with Crippen LogP contribution in [0.2, 0.25) is 0 Å². The zero-order valence-corrected chi connectivity index (χ0v) is 11.6. The van der Waals surface area contributed by atoms with Crippen molar-refractivity contribution >= 4 is 5.69 Å². The lowest BCUT2D eigenvalue weighted by atomic mass is 9.97. The van der Waals surface area contributed by atoms with Gasteiger partial charge in [0.2, 0.25) is 0 Å². The summed E-state index contributed by atoms with van der Waals surface area (Å²) >= 11 is 0. The van der Waals surface area contributed by atoms with Crippen LogP contribution in [0.3, 0.4) is 0 Å². The molecule has 0 spiro atoms. The van der Waals surface area contributed by atoms with Gasteiger partial charge in [0.15, 0.2) is 0 Å². The lowest BCUT2D eigenvalue weighted by Crippen LogP contribution is -2.11. The molecule has 0 fully saturated rings. The highest BCUT2D eigenvalue weighted by Crippen LogP contribution is 2.24. The molecule has 0 saturated carbocycles. The molecular formula is C18H21N. The van der Waals surface area contributed by atoms with Crippen molar-refractivity contribution in [2.24, 2.45) is 0 Å². The molecule has 0 aliphatic carbocycles. The maximum atomic E-state index is 3.51. The SMILES string of the molecule is CCc1ccc(Cc2ccc3c(c2)NCCC3)cc1. The van der Waals surface area contributed by atoms with E-state index in [-0.39, 0.29) is 0 Å². The summed E-state index contributed by atoms with van der Waals surface area (Å²) in [5.41, 5.74) is 7.02. The number of anilines is 1. The van der Waals surface area contributed by atoms with Crippen LogP contribution in [-0.4, -0.2) is 6.54 Å². The molecule has 2 aromatic rings. The first-order valence-corrected chi connectivity index (χ1v) is 7.28. The van der Waals surface area contributed by atoms with Gasteiger partial charge in [-0.1, -0.05) is 43.3 Å². The van der Waals surface area contributed by atoms with Crippen LogP contribution in [0.15, 0.2) is 42.5 Å². The van der Waals surface area contributed by atoms with E-state index in [4.69, 9.17) is 0 Å². The monoisotopic (exact) mass is 251 g/mol. The highest BCUT2D eigenvalue weighted by atomic mass is 14.9. The highest BCUT2D eigenvalue weighted by molar-refractivity contribution is 5.55. The quantitative estimate of drug-likeness (QED) is 0.862. The van der Waals surface area contributed by atoms with E-state index in [1.54, 1.807) is 0 Å². The summed E-state index contributed by atoms with van der Waals surface area (Å²) in [7, 11) is 0. The maximum absolute atomic E-state index is 3.51. The second kappa shape index (κ2) is 5.48. The van der Waals surface area contributed by atoms with Gasteiger partial charge in [-0.3, -0.25) is 0 Å². The average molecular weight is 251 g/mol. The van der Waals surface area contributed by atoms with Crippen LogP contribution in [0.5, 0.6) is 0 Å². The van der Waals surface area contributed by atoms with Crippen molar-refractivity contribution in [1.29, 1.82) is 0 Å². The van der Waals surface area contributed by atoms with Crippen molar-refractivity contribution in [1.82, 2.24) is 0 Å². The first-order chi connectivity index (χ1) is 9.35. The van der Waals surface area contributed by atoms with Crippen molar-refractivity contribution in [3.8, 4) is 0 Å². The normalized spacial score (nSPS) is 13.7. The molecule has 0 amide bonds. The van der Waals surface area contributed by atoms with Crippen LogP contribution in [0, 0.1) is 0 Å². The number of rotatable bonds is 3. The first-order valence-electron chi connectivity index (χ1n) is 7.28. The lowest BCUT2D eigenvalue weighted by molar-refractivity contribution is 0.829. The first kappa shape index (κ1) is 12.3. The molecule has 1 N–H and O–H groups in total. The van der Waals surface area contributed by atoms with Gasteiger partial charge in [0, 0.05) is 12.2 Å². The van der Waals surface area contributed by atoms with Gasteiger partial charge in [-0.25, -0.2) is 0 Å². The van der Waals surface area contributed by atoms with E-state index in [1.807, 2.05) is 0 Å². The van der Waals surface area contributed by atoms with E-state index >= 15 is 0 Å². The molecule has 1 aliphatic rings. The lowest BCUT2D eigenvalue weighted by Gasteiger charge is -2.18. The minimum Gasteiger partial charge on any atom is -0.385 e. The van der Waals surface area contributed by atoms with E-state index in [2.05, 4.69) is 54.7 Å². The molecule has 0 saturated heterocycles. The third-order valence-electron chi connectivity index (χ3n) is 3.95. The van der Waals surface area contributed by atoms with Crippen molar-refractivity contribution in [3.05, 3.63) is 64.7 Å². The van der Waals surface area contributed by atoms with Crippen LogP contribution in [-0.2, 0) is 19.3 Å². The molecular weight excluding hydrogens is 230 g/mol. The predicted octanol–water partition coefficient (Wildman–Crippen LogP) is 4.20. The summed E-state index contributed by atoms with van der Waals surface area (Å²) in [5.74, 6) is 0. The number of hydrogen-bond donors (Lipinski definition) is 1. The molecule has 1 nitrogen and oxygen atoms in total. The Balaban J connectivity index is 1.78. The Hall–Kier alpha value is -1.76. The Labute approximate surface area is 115 Å². The van der Waals surface area contributed by atoms with Crippen LogP contribution in [0.1, 0.15) is 35.6 Å².